The number of benzene rings is 1. The number of aromatic hydroxyl groups is 1. The van der Waals surface area contributed by atoms with Crippen molar-refractivity contribution in [3.63, 3.8) is 0 Å². The SMILES string of the molecule is Cc1ccc(C(C)NCc2ccc(Cl)s2)c(O)c1. The number of nitrogens with one attached hydrogen (secondary N) is 1. The molecule has 0 saturated carbocycles. The van der Waals surface area contributed by atoms with Crippen LogP contribution < -0.4 is 5.32 Å². The van der Waals surface area contributed by atoms with Crippen LogP contribution in [0.2, 0.25) is 4.34 Å². The number of rotatable bonds is 4. The van der Waals surface area contributed by atoms with Crippen molar-refractivity contribution in [1.29, 1.82) is 0 Å². The molecule has 2 rings (SSSR count). The van der Waals surface area contributed by atoms with Crippen molar-refractivity contribution in [3.05, 3.63) is 50.7 Å². The molecule has 0 amide bonds. The van der Waals surface area contributed by atoms with E-state index in [4.69, 9.17) is 11.6 Å². The summed E-state index contributed by atoms with van der Waals surface area (Å²) in [6.45, 7) is 4.76. The molecule has 1 heterocycles. The van der Waals surface area contributed by atoms with Gasteiger partial charge in [-0.1, -0.05) is 23.7 Å². The molecule has 0 fully saturated rings. The number of thiophene rings is 1. The standard InChI is InChI=1S/C14H16ClNOS/c1-9-3-5-12(13(17)7-9)10(2)16-8-11-4-6-14(15)18-11/h3-7,10,16-17H,8H2,1-2H3. The third-order valence-electron chi connectivity index (χ3n) is 2.86. The van der Waals surface area contributed by atoms with Gasteiger partial charge in [-0.05, 0) is 37.6 Å². The molecule has 0 bridgehead atoms. The predicted octanol–water partition coefficient (Wildman–Crippen LogP) is 4.27. The summed E-state index contributed by atoms with van der Waals surface area (Å²) in [5.74, 6) is 0.346. The van der Waals surface area contributed by atoms with Crippen LogP contribution in [0.1, 0.15) is 29.0 Å². The van der Waals surface area contributed by atoms with Crippen LogP contribution in [-0.2, 0) is 6.54 Å². The Labute approximate surface area is 116 Å². The van der Waals surface area contributed by atoms with Crippen LogP contribution in [0.15, 0.2) is 30.3 Å². The molecular weight excluding hydrogens is 266 g/mol. The van der Waals surface area contributed by atoms with E-state index in [2.05, 4.69) is 5.32 Å². The van der Waals surface area contributed by atoms with Crippen molar-refractivity contribution in [2.45, 2.75) is 26.4 Å². The van der Waals surface area contributed by atoms with Gasteiger partial charge in [-0.15, -0.1) is 11.3 Å². The highest BCUT2D eigenvalue weighted by atomic mass is 35.5. The Morgan fingerprint density at radius 3 is 2.72 bits per heavy atom. The molecule has 1 aromatic heterocycles. The summed E-state index contributed by atoms with van der Waals surface area (Å²) in [5, 5.41) is 13.3. The first-order valence-electron chi connectivity index (χ1n) is 5.83. The lowest BCUT2D eigenvalue weighted by atomic mass is 10.1. The van der Waals surface area contributed by atoms with E-state index in [0.717, 1.165) is 22.0 Å². The monoisotopic (exact) mass is 281 g/mol. The Bertz CT molecular complexity index is 538. The number of phenols is 1. The van der Waals surface area contributed by atoms with E-state index in [1.54, 1.807) is 17.4 Å². The van der Waals surface area contributed by atoms with E-state index >= 15 is 0 Å². The minimum absolute atomic E-state index is 0.103. The molecule has 1 unspecified atom stereocenters. The molecule has 1 aromatic carbocycles. The second-order valence-electron chi connectivity index (χ2n) is 4.37. The van der Waals surface area contributed by atoms with Crippen LogP contribution in [0, 0.1) is 6.92 Å². The lowest BCUT2D eigenvalue weighted by Crippen LogP contribution is -2.17. The molecule has 2 N–H and O–H groups in total. The van der Waals surface area contributed by atoms with E-state index in [0.29, 0.717) is 5.75 Å². The van der Waals surface area contributed by atoms with Crippen LogP contribution >= 0.6 is 22.9 Å². The smallest absolute Gasteiger partial charge is 0.120 e. The molecule has 0 aliphatic carbocycles. The summed E-state index contributed by atoms with van der Waals surface area (Å²) < 4.78 is 0.803. The first kappa shape index (κ1) is 13.4. The van der Waals surface area contributed by atoms with E-state index in [1.165, 1.54) is 4.88 Å². The zero-order valence-corrected chi connectivity index (χ0v) is 12.0. The fourth-order valence-corrected chi connectivity index (χ4v) is 2.87. The van der Waals surface area contributed by atoms with Gasteiger partial charge in [0.25, 0.3) is 0 Å². The zero-order chi connectivity index (χ0) is 13.1. The van der Waals surface area contributed by atoms with E-state index in [1.807, 2.05) is 38.1 Å². The lowest BCUT2D eigenvalue weighted by Gasteiger charge is -2.15. The van der Waals surface area contributed by atoms with Crippen LogP contribution in [0.4, 0.5) is 0 Å². The molecule has 1 atom stereocenters. The number of hydrogen-bond donors (Lipinski definition) is 2. The summed E-state index contributed by atoms with van der Waals surface area (Å²) >= 11 is 7.46. The third-order valence-corrected chi connectivity index (χ3v) is 4.09. The molecule has 0 saturated heterocycles. The molecule has 0 spiro atoms. The van der Waals surface area contributed by atoms with Gasteiger partial charge >= 0.3 is 0 Å². The maximum Gasteiger partial charge on any atom is 0.120 e. The minimum atomic E-state index is 0.103. The van der Waals surface area contributed by atoms with Crippen molar-refractivity contribution < 1.29 is 5.11 Å². The number of phenolic OH excluding ortho intramolecular Hbond substituents is 1. The zero-order valence-electron chi connectivity index (χ0n) is 10.4. The summed E-state index contributed by atoms with van der Waals surface area (Å²) in [6.07, 6.45) is 0. The topological polar surface area (TPSA) is 32.3 Å². The highest BCUT2D eigenvalue weighted by Gasteiger charge is 2.10. The molecule has 0 aliphatic heterocycles. The van der Waals surface area contributed by atoms with Crippen LogP contribution in [0.5, 0.6) is 5.75 Å². The van der Waals surface area contributed by atoms with Crippen molar-refractivity contribution in [3.8, 4) is 5.75 Å². The van der Waals surface area contributed by atoms with Crippen LogP contribution in [-0.4, -0.2) is 5.11 Å². The molecule has 18 heavy (non-hydrogen) atoms. The average Bonchev–Trinajstić information content (AvgIpc) is 2.72. The molecule has 0 aliphatic rings. The first-order valence-corrected chi connectivity index (χ1v) is 7.03. The Balaban J connectivity index is 2.01. The van der Waals surface area contributed by atoms with Gasteiger partial charge in [-0.25, -0.2) is 0 Å². The van der Waals surface area contributed by atoms with Gasteiger partial charge < -0.3 is 10.4 Å². The number of aryl methyl sites for hydroxylation is 1. The first-order chi connectivity index (χ1) is 8.56. The summed E-state index contributed by atoms with van der Waals surface area (Å²) in [7, 11) is 0. The summed E-state index contributed by atoms with van der Waals surface area (Å²) in [4.78, 5) is 1.19. The maximum absolute atomic E-state index is 9.90. The van der Waals surface area contributed by atoms with Crippen molar-refractivity contribution in [1.82, 2.24) is 5.32 Å². The van der Waals surface area contributed by atoms with Gasteiger partial charge in [0, 0.05) is 23.0 Å². The van der Waals surface area contributed by atoms with Crippen LogP contribution in [0.25, 0.3) is 0 Å². The molecular formula is C14H16ClNOS. The summed E-state index contributed by atoms with van der Waals surface area (Å²) in [6, 6.07) is 9.78. The second kappa shape index (κ2) is 5.74. The third kappa shape index (κ3) is 3.25. The number of halogens is 1. The molecule has 2 nitrogen and oxygen atoms in total. The van der Waals surface area contributed by atoms with E-state index in [-0.39, 0.29) is 6.04 Å². The Kier molecular flexibility index (Phi) is 4.27. The van der Waals surface area contributed by atoms with E-state index in [9.17, 15) is 5.11 Å². The largest absolute Gasteiger partial charge is 0.508 e. The molecule has 4 heteroatoms. The second-order valence-corrected chi connectivity index (χ2v) is 6.17. The van der Waals surface area contributed by atoms with Gasteiger partial charge in [-0.3, -0.25) is 0 Å². The Morgan fingerprint density at radius 1 is 1.33 bits per heavy atom. The lowest BCUT2D eigenvalue weighted by molar-refractivity contribution is 0.452. The van der Waals surface area contributed by atoms with Crippen LogP contribution in [0.3, 0.4) is 0 Å². The van der Waals surface area contributed by atoms with Crippen molar-refractivity contribution in [2.24, 2.45) is 0 Å². The van der Waals surface area contributed by atoms with Gasteiger partial charge in [0.1, 0.15) is 5.75 Å². The molecule has 96 valence electrons. The van der Waals surface area contributed by atoms with Gasteiger partial charge in [0.2, 0.25) is 0 Å². The van der Waals surface area contributed by atoms with Gasteiger partial charge in [0.05, 0.1) is 4.34 Å². The maximum atomic E-state index is 9.90. The van der Waals surface area contributed by atoms with E-state index < -0.39 is 0 Å². The average molecular weight is 282 g/mol. The molecule has 2 aromatic rings. The van der Waals surface area contributed by atoms with Crippen molar-refractivity contribution >= 4 is 22.9 Å². The Hall–Kier alpha value is -1.03. The van der Waals surface area contributed by atoms with Gasteiger partial charge in [0.15, 0.2) is 0 Å². The minimum Gasteiger partial charge on any atom is -0.508 e. The van der Waals surface area contributed by atoms with Crippen molar-refractivity contribution in [2.75, 3.05) is 0 Å². The summed E-state index contributed by atoms with van der Waals surface area (Å²) in [5.41, 5.74) is 1.98. The fraction of sp³-hybridized carbons (Fsp3) is 0.286. The fourth-order valence-electron chi connectivity index (χ4n) is 1.83. The highest BCUT2D eigenvalue weighted by Crippen LogP contribution is 2.26. The highest BCUT2D eigenvalue weighted by molar-refractivity contribution is 7.16. The predicted molar refractivity (Wildman–Crippen MR) is 77.4 cm³/mol. The van der Waals surface area contributed by atoms with Gasteiger partial charge in [-0.2, -0.15) is 0 Å². The Morgan fingerprint density at radius 2 is 2.11 bits per heavy atom. The quantitative estimate of drug-likeness (QED) is 0.877. The normalized spacial score (nSPS) is 12.6. The number of hydrogen-bond acceptors (Lipinski definition) is 3. The molecule has 0 radical (unpaired) electrons.